The highest BCUT2D eigenvalue weighted by Gasteiger charge is 2.19. The molecular weight excluding hydrogens is 282 g/mol. The maximum atomic E-state index is 11.7. The van der Waals surface area contributed by atoms with Crippen LogP contribution in [0.2, 0.25) is 0 Å². The molecule has 2 aromatic rings. The topological polar surface area (TPSA) is 126 Å². The second-order valence-corrected chi connectivity index (χ2v) is 3.82. The quantitative estimate of drug-likeness (QED) is 0.507. The SMILES string of the molecule is O=C(CCl)NNC(=O)c1n[nH]nc1-c1csnn1. The minimum atomic E-state index is -0.634. The third-order valence-corrected chi connectivity index (χ3v) is 2.55. The number of rotatable bonds is 3. The van der Waals surface area contributed by atoms with Gasteiger partial charge < -0.3 is 0 Å². The van der Waals surface area contributed by atoms with Crippen molar-refractivity contribution in [3.63, 3.8) is 0 Å². The molecule has 9 nitrogen and oxygen atoms in total. The Morgan fingerprint density at radius 1 is 1.39 bits per heavy atom. The number of aromatic amines is 1. The fraction of sp³-hybridized carbons (Fsp3) is 0.143. The van der Waals surface area contributed by atoms with Crippen molar-refractivity contribution in [3.8, 4) is 11.4 Å². The van der Waals surface area contributed by atoms with E-state index in [1.807, 2.05) is 0 Å². The van der Waals surface area contributed by atoms with Gasteiger partial charge in [0.25, 0.3) is 11.8 Å². The lowest BCUT2D eigenvalue weighted by Gasteiger charge is -2.03. The summed E-state index contributed by atoms with van der Waals surface area (Å²) in [5.74, 6) is -1.43. The molecule has 11 heteroatoms. The van der Waals surface area contributed by atoms with E-state index in [2.05, 4.69) is 35.8 Å². The first-order valence-electron chi connectivity index (χ1n) is 4.55. The maximum absolute atomic E-state index is 11.7. The summed E-state index contributed by atoms with van der Waals surface area (Å²) in [5, 5.41) is 15.2. The largest absolute Gasteiger partial charge is 0.292 e. The standard InChI is InChI=1S/C7H6ClN7O2S/c8-1-4(16)10-13-7(17)6-5(11-14-12-6)3-2-18-15-9-3/h2H,1H2,(H,10,16)(H,13,17)(H,11,12,14). The van der Waals surface area contributed by atoms with E-state index in [0.29, 0.717) is 5.69 Å². The van der Waals surface area contributed by atoms with Crippen molar-refractivity contribution >= 4 is 34.9 Å². The van der Waals surface area contributed by atoms with Crippen LogP contribution in [-0.4, -0.2) is 42.7 Å². The number of nitrogens with zero attached hydrogens (tertiary/aromatic N) is 4. The average molecular weight is 288 g/mol. The number of carbonyl (C=O) groups excluding carboxylic acids is 2. The van der Waals surface area contributed by atoms with E-state index in [1.165, 1.54) is 0 Å². The van der Waals surface area contributed by atoms with Crippen molar-refractivity contribution in [2.75, 3.05) is 5.88 Å². The Bertz CT molecular complexity index is 554. The van der Waals surface area contributed by atoms with E-state index < -0.39 is 11.8 Å². The Hall–Kier alpha value is -2.07. The van der Waals surface area contributed by atoms with Crippen LogP contribution in [-0.2, 0) is 4.79 Å². The minimum Gasteiger partial charge on any atom is -0.272 e. The number of hydrazine groups is 1. The number of carbonyl (C=O) groups is 2. The van der Waals surface area contributed by atoms with Gasteiger partial charge in [0.2, 0.25) is 0 Å². The van der Waals surface area contributed by atoms with E-state index in [9.17, 15) is 9.59 Å². The van der Waals surface area contributed by atoms with Crippen LogP contribution in [0.5, 0.6) is 0 Å². The summed E-state index contributed by atoms with van der Waals surface area (Å²) in [4.78, 5) is 22.6. The predicted octanol–water partition coefficient (Wildman–Crippen LogP) is -0.677. The van der Waals surface area contributed by atoms with Crippen molar-refractivity contribution < 1.29 is 9.59 Å². The van der Waals surface area contributed by atoms with Crippen molar-refractivity contribution in [3.05, 3.63) is 11.1 Å². The smallest absolute Gasteiger partial charge is 0.272 e. The number of hydrogen-bond acceptors (Lipinski definition) is 7. The Kier molecular flexibility index (Phi) is 3.79. The molecule has 0 spiro atoms. The highest BCUT2D eigenvalue weighted by atomic mass is 35.5. The molecular formula is C7H6ClN7O2S. The van der Waals surface area contributed by atoms with Gasteiger partial charge in [0, 0.05) is 5.38 Å². The van der Waals surface area contributed by atoms with Crippen LogP contribution >= 0.6 is 23.1 Å². The van der Waals surface area contributed by atoms with E-state index in [-0.39, 0.29) is 17.3 Å². The van der Waals surface area contributed by atoms with Crippen LogP contribution in [0, 0.1) is 0 Å². The molecule has 0 fully saturated rings. The van der Waals surface area contributed by atoms with Crippen LogP contribution in [0.15, 0.2) is 5.38 Å². The van der Waals surface area contributed by atoms with E-state index in [1.54, 1.807) is 5.38 Å². The van der Waals surface area contributed by atoms with E-state index in [0.717, 1.165) is 11.5 Å². The normalized spacial score (nSPS) is 10.1. The molecule has 0 bridgehead atoms. The van der Waals surface area contributed by atoms with Crippen molar-refractivity contribution in [1.29, 1.82) is 0 Å². The molecule has 0 atom stereocenters. The summed E-state index contributed by atoms with van der Waals surface area (Å²) in [6.45, 7) is 0. The molecule has 0 aliphatic heterocycles. The predicted molar refractivity (Wildman–Crippen MR) is 61.6 cm³/mol. The summed E-state index contributed by atoms with van der Waals surface area (Å²) in [6, 6.07) is 0. The van der Waals surface area contributed by atoms with Crippen LogP contribution in [0.1, 0.15) is 10.5 Å². The van der Waals surface area contributed by atoms with Gasteiger partial charge in [-0.3, -0.25) is 20.4 Å². The molecule has 2 rings (SSSR count). The Morgan fingerprint density at radius 3 is 2.89 bits per heavy atom. The Balaban J connectivity index is 2.12. The molecule has 0 saturated heterocycles. The Labute approximate surface area is 109 Å². The minimum absolute atomic E-state index is 0.00225. The van der Waals surface area contributed by atoms with Gasteiger partial charge in [-0.1, -0.05) is 4.49 Å². The zero-order valence-electron chi connectivity index (χ0n) is 8.68. The number of alkyl halides is 1. The maximum Gasteiger partial charge on any atom is 0.292 e. The number of aromatic nitrogens is 5. The highest BCUT2D eigenvalue weighted by molar-refractivity contribution is 7.03. The molecule has 0 aromatic carbocycles. The first kappa shape index (κ1) is 12.4. The monoisotopic (exact) mass is 287 g/mol. The zero-order chi connectivity index (χ0) is 13.0. The zero-order valence-corrected chi connectivity index (χ0v) is 10.2. The fourth-order valence-corrected chi connectivity index (χ4v) is 1.56. The third-order valence-electron chi connectivity index (χ3n) is 1.80. The molecule has 2 aromatic heterocycles. The second-order valence-electron chi connectivity index (χ2n) is 2.95. The van der Waals surface area contributed by atoms with Crippen LogP contribution < -0.4 is 10.9 Å². The van der Waals surface area contributed by atoms with Gasteiger partial charge in [0.1, 0.15) is 17.3 Å². The van der Waals surface area contributed by atoms with Gasteiger partial charge in [-0.15, -0.1) is 16.7 Å². The highest BCUT2D eigenvalue weighted by Crippen LogP contribution is 2.17. The number of nitrogens with one attached hydrogen (secondary N) is 3. The molecule has 2 amide bonds. The first-order chi connectivity index (χ1) is 8.72. The van der Waals surface area contributed by atoms with E-state index in [4.69, 9.17) is 11.6 Å². The van der Waals surface area contributed by atoms with Crippen LogP contribution in [0.25, 0.3) is 11.4 Å². The molecule has 0 aliphatic rings. The lowest BCUT2D eigenvalue weighted by molar-refractivity contribution is -0.119. The molecule has 18 heavy (non-hydrogen) atoms. The summed E-state index contributed by atoms with van der Waals surface area (Å²) in [6.07, 6.45) is 0. The summed E-state index contributed by atoms with van der Waals surface area (Å²) in [7, 11) is 0. The molecule has 0 radical (unpaired) electrons. The molecule has 0 unspecified atom stereocenters. The van der Waals surface area contributed by atoms with Crippen LogP contribution in [0.4, 0.5) is 0 Å². The van der Waals surface area contributed by atoms with Crippen molar-refractivity contribution in [2.24, 2.45) is 0 Å². The van der Waals surface area contributed by atoms with Gasteiger partial charge in [0.15, 0.2) is 5.69 Å². The van der Waals surface area contributed by atoms with Gasteiger partial charge in [0.05, 0.1) is 0 Å². The van der Waals surface area contributed by atoms with Crippen molar-refractivity contribution in [1.82, 2.24) is 35.8 Å². The van der Waals surface area contributed by atoms with E-state index >= 15 is 0 Å². The fourth-order valence-electron chi connectivity index (χ4n) is 1.05. The second kappa shape index (κ2) is 5.51. The average Bonchev–Trinajstić information content (AvgIpc) is 3.04. The third kappa shape index (κ3) is 2.60. The lowest BCUT2D eigenvalue weighted by Crippen LogP contribution is -2.42. The van der Waals surface area contributed by atoms with Crippen molar-refractivity contribution in [2.45, 2.75) is 0 Å². The van der Waals surface area contributed by atoms with Gasteiger partial charge in [-0.25, -0.2) is 0 Å². The number of halogens is 1. The Morgan fingerprint density at radius 2 is 2.22 bits per heavy atom. The summed E-state index contributed by atoms with van der Waals surface area (Å²) in [5.41, 5.74) is 4.92. The van der Waals surface area contributed by atoms with Gasteiger partial charge in [-0.2, -0.15) is 15.4 Å². The van der Waals surface area contributed by atoms with Gasteiger partial charge >= 0.3 is 0 Å². The number of hydrogen-bond donors (Lipinski definition) is 3. The molecule has 0 saturated carbocycles. The number of H-pyrrole nitrogens is 1. The summed E-state index contributed by atoms with van der Waals surface area (Å²) < 4.78 is 3.66. The molecule has 94 valence electrons. The van der Waals surface area contributed by atoms with Gasteiger partial charge in [-0.05, 0) is 11.5 Å². The lowest BCUT2D eigenvalue weighted by atomic mass is 10.2. The molecule has 2 heterocycles. The molecule has 0 aliphatic carbocycles. The van der Waals surface area contributed by atoms with Crippen LogP contribution in [0.3, 0.4) is 0 Å². The number of amides is 2. The molecule has 3 N–H and O–H groups in total. The summed E-state index contributed by atoms with van der Waals surface area (Å²) >= 11 is 6.38. The first-order valence-corrected chi connectivity index (χ1v) is 5.93.